The average Bonchev–Trinajstić information content (AvgIpc) is 2.61. The van der Waals surface area contributed by atoms with Crippen LogP contribution in [-0.4, -0.2) is 29.0 Å². The van der Waals surface area contributed by atoms with E-state index in [0.717, 1.165) is 9.35 Å². The molecule has 0 spiro atoms. The van der Waals surface area contributed by atoms with E-state index in [1.807, 2.05) is 13.0 Å². The molecule has 0 aliphatic heterocycles. The summed E-state index contributed by atoms with van der Waals surface area (Å²) in [7, 11) is 0. The van der Waals surface area contributed by atoms with Crippen molar-refractivity contribution >= 4 is 38.9 Å². The van der Waals surface area contributed by atoms with Crippen LogP contribution in [-0.2, 0) is 6.54 Å². The van der Waals surface area contributed by atoms with Gasteiger partial charge in [-0.1, -0.05) is 18.5 Å². The van der Waals surface area contributed by atoms with Crippen molar-refractivity contribution in [2.24, 2.45) is 0 Å². The summed E-state index contributed by atoms with van der Waals surface area (Å²) in [5.74, 6) is 0. The van der Waals surface area contributed by atoms with E-state index < -0.39 is 5.54 Å². The Morgan fingerprint density at radius 3 is 2.50 bits per heavy atom. The first-order valence-corrected chi connectivity index (χ1v) is 6.96. The van der Waals surface area contributed by atoms with Crippen LogP contribution < -0.4 is 5.32 Å². The molecule has 1 aromatic heterocycles. The van der Waals surface area contributed by atoms with Crippen molar-refractivity contribution in [1.29, 1.82) is 0 Å². The van der Waals surface area contributed by atoms with Crippen molar-refractivity contribution in [3.8, 4) is 0 Å². The van der Waals surface area contributed by atoms with Gasteiger partial charge in [0.05, 0.1) is 18.8 Å². The van der Waals surface area contributed by atoms with Crippen molar-refractivity contribution in [2.45, 2.75) is 25.4 Å². The fraction of sp³-hybridized carbons (Fsp3) is 0.600. The summed E-state index contributed by atoms with van der Waals surface area (Å²) in [5.41, 5.74) is -0.608. The molecule has 0 aliphatic carbocycles. The highest BCUT2D eigenvalue weighted by atomic mass is 79.9. The first-order chi connectivity index (χ1) is 7.56. The van der Waals surface area contributed by atoms with Gasteiger partial charge in [0.25, 0.3) is 0 Å². The first kappa shape index (κ1) is 14.4. The number of aliphatic hydroxyl groups is 2. The highest BCUT2D eigenvalue weighted by molar-refractivity contribution is 9.10. The van der Waals surface area contributed by atoms with Crippen molar-refractivity contribution in [2.75, 3.05) is 13.2 Å². The Labute approximate surface area is 113 Å². The molecule has 1 heterocycles. The molecule has 0 atom stereocenters. The van der Waals surface area contributed by atoms with Crippen LogP contribution in [0.4, 0.5) is 0 Å². The van der Waals surface area contributed by atoms with Gasteiger partial charge in [-0.15, -0.1) is 11.3 Å². The number of hydrogen-bond donors (Lipinski definition) is 3. The summed E-state index contributed by atoms with van der Waals surface area (Å²) in [4.78, 5) is 1.07. The fourth-order valence-electron chi connectivity index (χ4n) is 1.26. The summed E-state index contributed by atoms with van der Waals surface area (Å²) in [6, 6.07) is 1.94. The lowest BCUT2D eigenvalue weighted by Gasteiger charge is -2.29. The Balaban J connectivity index is 2.62. The second-order valence-electron chi connectivity index (χ2n) is 3.64. The van der Waals surface area contributed by atoms with Crippen LogP contribution in [0.5, 0.6) is 0 Å². The molecule has 92 valence electrons. The molecule has 0 fully saturated rings. The number of thiophene rings is 1. The van der Waals surface area contributed by atoms with E-state index in [4.69, 9.17) is 11.6 Å². The van der Waals surface area contributed by atoms with E-state index in [1.165, 1.54) is 11.3 Å². The Morgan fingerprint density at radius 2 is 2.12 bits per heavy atom. The van der Waals surface area contributed by atoms with Crippen molar-refractivity contribution in [3.05, 3.63) is 19.8 Å². The molecule has 6 heteroatoms. The SMILES string of the molecule is CCC(CO)(CO)NCc1cc(Br)c(Cl)s1. The molecule has 0 bridgehead atoms. The zero-order valence-corrected chi connectivity index (χ0v) is 12.1. The second-order valence-corrected chi connectivity index (χ2v) is 6.23. The molecular weight excluding hydrogens is 314 g/mol. The molecule has 3 nitrogen and oxygen atoms in total. The van der Waals surface area contributed by atoms with Gasteiger partial charge in [-0.05, 0) is 28.4 Å². The second kappa shape index (κ2) is 6.33. The molecule has 0 amide bonds. The standard InChI is InChI=1S/C10H15BrClNO2S/c1-2-10(5-14,6-15)13-4-7-3-8(11)9(12)16-7/h3,13-15H,2,4-6H2,1H3. The van der Waals surface area contributed by atoms with Gasteiger partial charge in [-0.2, -0.15) is 0 Å². The summed E-state index contributed by atoms with van der Waals surface area (Å²) in [6.07, 6.45) is 0.667. The molecule has 0 unspecified atom stereocenters. The number of halogens is 2. The van der Waals surface area contributed by atoms with Crippen LogP contribution in [0, 0.1) is 0 Å². The predicted molar refractivity (Wildman–Crippen MR) is 71.1 cm³/mol. The van der Waals surface area contributed by atoms with Crippen molar-refractivity contribution < 1.29 is 10.2 Å². The molecule has 0 aromatic carbocycles. The Bertz CT molecular complexity index is 314. The normalized spacial score (nSPS) is 12.1. The topological polar surface area (TPSA) is 52.5 Å². The molecule has 0 saturated heterocycles. The van der Waals surface area contributed by atoms with E-state index in [9.17, 15) is 10.2 Å². The number of nitrogens with one attached hydrogen (secondary N) is 1. The Kier molecular flexibility index (Phi) is 5.70. The lowest BCUT2D eigenvalue weighted by molar-refractivity contribution is 0.0866. The van der Waals surface area contributed by atoms with Crippen LogP contribution >= 0.6 is 38.9 Å². The third-order valence-electron chi connectivity index (χ3n) is 2.62. The van der Waals surface area contributed by atoms with Crippen molar-refractivity contribution in [1.82, 2.24) is 5.32 Å². The van der Waals surface area contributed by atoms with Gasteiger partial charge < -0.3 is 15.5 Å². The Morgan fingerprint density at radius 1 is 1.50 bits per heavy atom. The summed E-state index contributed by atoms with van der Waals surface area (Å²) < 4.78 is 1.60. The van der Waals surface area contributed by atoms with Crippen LogP contribution in [0.25, 0.3) is 0 Å². The number of hydrogen-bond acceptors (Lipinski definition) is 4. The number of aliphatic hydroxyl groups excluding tert-OH is 2. The van der Waals surface area contributed by atoms with Gasteiger partial charge in [-0.3, -0.25) is 0 Å². The first-order valence-electron chi connectivity index (χ1n) is 4.97. The third kappa shape index (κ3) is 3.42. The monoisotopic (exact) mass is 327 g/mol. The average molecular weight is 329 g/mol. The van der Waals surface area contributed by atoms with E-state index in [2.05, 4.69) is 21.2 Å². The molecule has 16 heavy (non-hydrogen) atoms. The lowest BCUT2D eigenvalue weighted by atomic mass is 9.98. The van der Waals surface area contributed by atoms with Gasteiger partial charge in [-0.25, -0.2) is 0 Å². The Hall–Kier alpha value is 0.350. The molecule has 3 N–H and O–H groups in total. The van der Waals surface area contributed by atoms with Gasteiger partial charge >= 0.3 is 0 Å². The van der Waals surface area contributed by atoms with Gasteiger partial charge in [0.15, 0.2) is 0 Å². The molecular formula is C10H15BrClNO2S. The van der Waals surface area contributed by atoms with Crippen LogP contribution in [0.15, 0.2) is 10.5 Å². The van der Waals surface area contributed by atoms with Gasteiger partial charge in [0, 0.05) is 15.9 Å². The number of rotatable bonds is 6. The minimum Gasteiger partial charge on any atom is -0.394 e. The maximum Gasteiger partial charge on any atom is 0.107 e. The highest BCUT2D eigenvalue weighted by Crippen LogP contribution is 2.32. The van der Waals surface area contributed by atoms with Crippen LogP contribution in [0.3, 0.4) is 0 Å². The maximum atomic E-state index is 9.26. The molecule has 1 rings (SSSR count). The quantitative estimate of drug-likeness (QED) is 0.751. The summed E-state index contributed by atoms with van der Waals surface area (Å²) >= 11 is 10.7. The lowest BCUT2D eigenvalue weighted by Crippen LogP contribution is -2.50. The third-order valence-corrected chi connectivity index (χ3v) is 5.09. The van der Waals surface area contributed by atoms with Gasteiger partial charge in [0.2, 0.25) is 0 Å². The molecule has 0 aliphatic rings. The van der Waals surface area contributed by atoms with E-state index in [1.54, 1.807) is 0 Å². The minimum absolute atomic E-state index is 0.0831. The molecule has 1 aromatic rings. The zero-order valence-electron chi connectivity index (χ0n) is 8.96. The summed E-state index contributed by atoms with van der Waals surface area (Å²) in [6.45, 7) is 2.35. The van der Waals surface area contributed by atoms with E-state index in [-0.39, 0.29) is 13.2 Å². The van der Waals surface area contributed by atoms with E-state index >= 15 is 0 Å². The molecule has 0 radical (unpaired) electrons. The molecule has 0 saturated carbocycles. The fourth-order valence-corrected chi connectivity index (χ4v) is 2.99. The minimum atomic E-state index is -0.608. The summed E-state index contributed by atoms with van der Waals surface area (Å²) in [5, 5.41) is 21.7. The maximum absolute atomic E-state index is 9.26. The predicted octanol–water partition coefficient (Wildman–Crippen LogP) is 2.39. The van der Waals surface area contributed by atoms with Crippen LogP contribution in [0.2, 0.25) is 4.34 Å². The van der Waals surface area contributed by atoms with Crippen LogP contribution in [0.1, 0.15) is 18.2 Å². The van der Waals surface area contributed by atoms with Gasteiger partial charge in [0.1, 0.15) is 4.34 Å². The zero-order chi connectivity index (χ0) is 12.2. The van der Waals surface area contributed by atoms with Crippen molar-refractivity contribution in [3.63, 3.8) is 0 Å². The largest absolute Gasteiger partial charge is 0.394 e. The smallest absolute Gasteiger partial charge is 0.107 e. The van der Waals surface area contributed by atoms with E-state index in [0.29, 0.717) is 17.3 Å². The highest BCUT2D eigenvalue weighted by Gasteiger charge is 2.25.